The van der Waals surface area contributed by atoms with Crippen molar-refractivity contribution in [1.29, 1.82) is 0 Å². The number of aliphatic hydroxyl groups is 1. The number of carbonyl (C=O) groups excluding carboxylic acids is 3. The largest absolute Gasteiger partial charge is 0.506 e. The van der Waals surface area contributed by atoms with E-state index in [4.69, 9.17) is 4.99 Å². The van der Waals surface area contributed by atoms with Crippen LogP contribution in [0.15, 0.2) is 156 Å². The van der Waals surface area contributed by atoms with Gasteiger partial charge in [0.15, 0.2) is 11.3 Å². The van der Waals surface area contributed by atoms with Gasteiger partial charge in [-0.2, -0.15) is 0 Å². The highest BCUT2D eigenvalue weighted by Crippen LogP contribution is 2.56. The lowest BCUT2D eigenvalue weighted by molar-refractivity contribution is -0.115. The summed E-state index contributed by atoms with van der Waals surface area (Å²) in [6, 6.07) is 48.0. The Balaban J connectivity index is 1.04. The van der Waals surface area contributed by atoms with Crippen LogP contribution in [-0.4, -0.2) is 22.7 Å². The van der Waals surface area contributed by atoms with Gasteiger partial charge in [0, 0.05) is 80.4 Å². The molecule has 0 radical (unpaired) electrons. The predicted octanol–water partition coefficient (Wildman–Crippen LogP) is 9.26. The molecule has 5 aliphatic rings. The Morgan fingerprint density at radius 3 is 1.83 bits per heavy atom. The van der Waals surface area contributed by atoms with Gasteiger partial charge in [-0.3, -0.25) is 14.4 Å². The lowest BCUT2D eigenvalue weighted by Crippen LogP contribution is -2.45. The van der Waals surface area contributed by atoms with E-state index in [1.807, 2.05) is 121 Å². The molecule has 10 nitrogen and oxygen atoms in total. The molecule has 0 saturated carbocycles. The number of aliphatic hydroxyl groups excluding tert-OH is 1. The molecule has 2 aliphatic heterocycles. The molecule has 8 aromatic carbocycles. The number of nitrogens with one attached hydrogen (secondary N) is 5. The molecule has 2 atom stereocenters. The molecule has 0 bridgehead atoms. The van der Waals surface area contributed by atoms with Crippen molar-refractivity contribution in [2.45, 2.75) is 25.2 Å². The first-order chi connectivity index (χ1) is 31.1. The van der Waals surface area contributed by atoms with Crippen LogP contribution in [0.25, 0.3) is 54.9 Å². The molecule has 2 spiro atoms. The van der Waals surface area contributed by atoms with Gasteiger partial charge in [-0.15, -0.1) is 0 Å². The summed E-state index contributed by atoms with van der Waals surface area (Å²) in [4.78, 5) is 45.2. The fourth-order valence-corrected chi connectivity index (χ4v) is 10.9. The minimum atomic E-state index is -1.11. The van der Waals surface area contributed by atoms with Gasteiger partial charge in [0.1, 0.15) is 5.76 Å². The minimum absolute atomic E-state index is 0.108. The standard InChI is InChI=1S/C54H36N6O4/c1-27(61)55-31-19-23-35-33-11-3-5-13-39(33)53(41(35)25-31)57-43-15-7-9-29-17-21-37(49(59-53)45(29)43)47-51(63)48(52(47)64)38-22-18-30-10-8-16-44-46(30)50(38)60-54(58-44)40-14-6-4-12-34(40)36-24-20-32(26-42(36)54)56-28(2)62/h3-26,57-59,63H,1-2H3,(H,55,61)(H,56,62). The number of ketones is 1. The van der Waals surface area contributed by atoms with Crippen LogP contribution in [-0.2, 0) is 25.7 Å². The molecule has 0 fully saturated rings. The summed E-state index contributed by atoms with van der Waals surface area (Å²) in [5.41, 5.74) is 10.3. The van der Waals surface area contributed by atoms with Crippen molar-refractivity contribution in [3.05, 3.63) is 190 Å². The number of benzene rings is 8. The van der Waals surface area contributed by atoms with Crippen LogP contribution < -0.4 is 37.2 Å². The Kier molecular flexibility index (Phi) is 7.09. The zero-order chi connectivity index (χ0) is 43.2. The first kappa shape index (κ1) is 36.2. The second-order valence-corrected chi connectivity index (χ2v) is 17.1. The molecule has 0 aromatic heterocycles. The maximum atomic E-state index is 15.1. The summed E-state index contributed by atoms with van der Waals surface area (Å²) in [5, 5.41) is 34.6. The SMILES string of the molecule is CC(=O)Nc1ccc2c(c1)C1(N=c3c(=C4C(=O)C(c5ccc6cccc7c6c5NC5(N7)c6ccccc6-c6ccc(NC(C)=O)cc65)=C4O)ccc4cccc(c34)N1)c1ccccc1-2. The van der Waals surface area contributed by atoms with E-state index in [0.717, 1.165) is 77.4 Å². The number of anilines is 5. The van der Waals surface area contributed by atoms with Crippen molar-refractivity contribution in [1.82, 2.24) is 0 Å². The molecule has 6 N–H and O–H groups in total. The topological polar surface area (TPSA) is 144 Å². The van der Waals surface area contributed by atoms with E-state index in [1.54, 1.807) is 0 Å². The van der Waals surface area contributed by atoms with E-state index in [9.17, 15) is 14.7 Å². The first-order valence-corrected chi connectivity index (χ1v) is 21.2. The molecule has 8 aromatic rings. The number of carbonyl (C=O) groups is 3. The quantitative estimate of drug-likeness (QED) is 0.104. The Morgan fingerprint density at radius 2 is 1.12 bits per heavy atom. The summed E-state index contributed by atoms with van der Waals surface area (Å²) < 4.78 is 0. The number of amides is 2. The van der Waals surface area contributed by atoms with Crippen LogP contribution in [0.2, 0.25) is 0 Å². The minimum Gasteiger partial charge on any atom is -0.506 e. The maximum absolute atomic E-state index is 15.1. The summed E-state index contributed by atoms with van der Waals surface area (Å²) in [7, 11) is 0. The van der Waals surface area contributed by atoms with Gasteiger partial charge in [0.25, 0.3) is 0 Å². The molecule has 10 heteroatoms. The summed E-state index contributed by atoms with van der Waals surface area (Å²) >= 11 is 0. The van der Waals surface area contributed by atoms with Gasteiger partial charge < -0.3 is 31.7 Å². The van der Waals surface area contributed by atoms with Crippen molar-refractivity contribution < 1.29 is 19.5 Å². The average molecular weight is 833 g/mol. The van der Waals surface area contributed by atoms with Crippen molar-refractivity contribution in [2.24, 2.45) is 4.99 Å². The van der Waals surface area contributed by atoms with Gasteiger partial charge in [0.05, 0.1) is 22.2 Å². The first-order valence-electron chi connectivity index (χ1n) is 21.2. The second kappa shape index (κ2) is 12.5. The molecule has 3 aliphatic carbocycles. The fraction of sp³-hybridized carbons (Fsp3) is 0.0741. The number of hydrogen-bond acceptors (Lipinski definition) is 8. The number of Topliss-reactive ketones (excluding diaryl/α,β-unsaturated/α-hetero) is 1. The van der Waals surface area contributed by atoms with E-state index < -0.39 is 11.3 Å². The van der Waals surface area contributed by atoms with Crippen LogP contribution in [0, 0.1) is 0 Å². The Morgan fingerprint density at radius 1 is 0.547 bits per heavy atom. The Hall–Kier alpha value is -8.50. The third-order valence-corrected chi connectivity index (χ3v) is 13.5. The van der Waals surface area contributed by atoms with Crippen LogP contribution in [0.3, 0.4) is 0 Å². The lowest BCUT2D eigenvalue weighted by Gasteiger charge is -2.41. The van der Waals surface area contributed by atoms with Gasteiger partial charge in [0.2, 0.25) is 17.6 Å². The number of hydrogen-bond donors (Lipinski definition) is 6. The van der Waals surface area contributed by atoms with Crippen LogP contribution in [0.4, 0.5) is 28.4 Å². The van der Waals surface area contributed by atoms with Crippen molar-refractivity contribution in [3.8, 4) is 22.3 Å². The van der Waals surface area contributed by atoms with Crippen molar-refractivity contribution in [2.75, 3.05) is 26.6 Å². The zero-order valence-corrected chi connectivity index (χ0v) is 34.5. The van der Waals surface area contributed by atoms with E-state index in [0.29, 0.717) is 33.2 Å². The van der Waals surface area contributed by atoms with Crippen LogP contribution >= 0.6 is 0 Å². The number of rotatable bonds is 3. The third kappa shape index (κ3) is 4.68. The smallest absolute Gasteiger partial charge is 0.221 e. The third-order valence-electron chi connectivity index (χ3n) is 13.5. The van der Waals surface area contributed by atoms with Crippen LogP contribution in [0.5, 0.6) is 0 Å². The molecule has 2 unspecified atom stereocenters. The van der Waals surface area contributed by atoms with E-state index in [-0.39, 0.29) is 34.5 Å². The monoisotopic (exact) mass is 832 g/mol. The van der Waals surface area contributed by atoms with E-state index in [2.05, 4.69) is 50.8 Å². The zero-order valence-electron chi connectivity index (χ0n) is 34.5. The van der Waals surface area contributed by atoms with Crippen molar-refractivity contribution >= 4 is 78.7 Å². The predicted molar refractivity (Wildman–Crippen MR) is 251 cm³/mol. The number of fused-ring (bicyclic) bond motifs is 10. The highest BCUT2D eigenvalue weighted by atomic mass is 16.3. The number of nitrogens with zero attached hydrogens (tertiary/aromatic N) is 1. The highest BCUT2D eigenvalue weighted by molar-refractivity contribution is 6.52. The van der Waals surface area contributed by atoms with E-state index in [1.165, 1.54) is 13.8 Å². The average Bonchev–Trinajstić information content (AvgIpc) is 3.69. The van der Waals surface area contributed by atoms with E-state index >= 15 is 4.79 Å². The van der Waals surface area contributed by atoms with Crippen LogP contribution in [0.1, 0.15) is 41.7 Å². The molecule has 13 rings (SSSR count). The summed E-state index contributed by atoms with van der Waals surface area (Å²) in [5.74, 6) is -0.755. The summed E-state index contributed by atoms with van der Waals surface area (Å²) in [6.45, 7) is 2.98. The molecule has 0 saturated heterocycles. The summed E-state index contributed by atoms with van der Waals surface area (Å²) in [6.07, 6.45) is 0. The molecule has 306 valence electrons. The molecular weight excluding hydrogens is 797 g/mol. The van der Waals surface area contributed by atoms with Gasteiger partial charge >= 0.3 is 0 Å². The number of allylic oxidation sites excluding steroid dienone is 2. The molecule has 2 amide bonds. The maximum Gasteiger partial charge on any atom is 0.221 e. The Labute approximate surface area is 365 Å². The fourth-order valence-electron chi connectivity index (χ4n) is 10.9. The van der Waals surface area contributed by atoms with Gasteiger partial charge in [-0.25, -0.2) is 4.99 Å². The Bertz CT molecular complexity index is 3720. The second-order valence-electron chi connectivity index (χ2n) is 17.1. The van der Waals surface area contributed by atoms with Crippen molar-refractivity contribution in [3.63, 3.8) is 0 Å². The van der Waals surface area contributed by atoms with Gasteiger partial charge in [-0.1, -0.05) is 109 Å². The molecule has 2 heterocycles. The highest BCUT2D eigenvalue weighted by Gasteiger charge is 2.49. The normalized spacial score (nSPS) is 19.8. The van der Waals surface area contributed by atoms with Gasteiger partial charge in [-0.05, 0) is 69.4 Å². The molecular formula is C54H36N6O4. The lowest BCUT2D eigenvalue weighted by atomic mass is 9.79. The molecule has 64 heavy (non-hydrogen) atoms.